The second-order valence-electron chi connectivity index (χ2n) is 3.16. The minimum Gasteiger partial charge on any atom is -0.392 e. The summed E-state index contributed by atoms with van der Waals surface area (Å²) in [4.78, 5) is 5.53. The van der Waals surface area contributed by atoms with Crippen LogP contribution in [0.5, 0.6) is 0 Å². The van der Waals surface area contributed by atoms with Crippen LogP contribution in [0.25, 0.3) is 0 Å². The van der Waals surface area contributed by atoms with Crippen LogP contribution in [0.2, 0.25) is 0 Å². The van der Waals surface area contributed by atoms with E-state index >= 15 is 0 Å². The van der Waals surface area contributed by atoms with Gasteiger partial charge in [-0.3, -0.25) is 0 Å². The van der Waals surface area contributed by atoms with Gasteiger partial charge in [-0.1, -0.05) is 23.9 Å². The van der Waals surface area contributed by atoms with Crippen LogP contribution in [0, 0.1) is 6.92 Å². The highest BCUT2D eigenvalue weighted by molar-refractivity contribution is 8.01. The van der Waals surface area contributed by atoms with Gasteiger partial charge in [-0.2, -0.15) is 0 Å². The molecule has 0 fully saturated rings. The maximum Gasteiger partial charge on any atom is 0.154 e. The van der Waals surface area contributed by atoms with Gasteiger partial charge in [-0.05, 0) is 24.6 Å². The normalized spacial score (nSPS) is 10.5. The Labute approximate surface area is 97.0 Å². The van der Waals surface area contributed by atoms with E-state index in [0.717, 1.165) is 20.5 Å². The number of thiazole rings is 1. The molecule has 1 aromatic heterocycles. The number of rotatable bonds is 3. The number of aliphatic hydroxyl groups is 1. The molecule has 1 N–H and O–H groups in total. The van der Waals surface area contributed by atoms with E-state index in [9.17, 15) is 0 Å². The maximum atomic E-state index is 8.90. The standard InChI is InChI=1S/C11H11NOS2/c1-8-7-14-11(12-8)15-10-4-2-9(6-13)3-5-10/h2-5,7,13H,6H2,1H3. The van der Waals surface area contributed by atoms with Crippen molar-refractivity contribution in [1.82, 2.24) is 4.98 Å². The average Bonchev–Trinajstić information content (AvgIpc) is 2.65. The third-order valence-electron chi connectivity index (χ3n) is 1.91. The van der Waals surface area contributed by atoms with Crippen LogP contribution in [0.15, 0.2) is 38.9 Å². The van der Waals surface area contributed by atoms with Crippen molar-refractivity contribution < 1.29 is 5.11 Å². The van der Waals surface area contributed by atoms with E-state index in [0.29, 0.717) is 0 Å². The maximum absolute atomic E-state index is 8.90. The highest BCUT2D eigenvalue weighted by Gasteiger charge is 2.01. The number of benzene rings is 1. The van der Waals surface area contributed by atoms with Crippen LogP contribution in [0.3, 0.4) is 0 Å². The summed E-state index contributed by atoms with van der Waals surface area (Å²) in [7, 11) is 0. The molecule has 0 aliphatic rings. The van der Waals surface area contributed by atoms with E-state index in [1.54, 1.807) is 23.1 Å². The summed E-state index contributed by atoms with van der Waals surface area (Å²) in [5.41, 5.74) is 2.00. The van der Waals surface area contributed by atoms with Gasteiger partial charge in [0.1, 0.15) is 0 Å². The van der Waals surface area contributed by atoms with Gasteiger partial charge in [0.05, 0.1) is 6.61 Å². The molecule has 0 unspecified atom stereocenters. The van der Waals surface area contributed by atoms with Gasteiger partial charge in [0, 0.05) is 16.0 Å². The molecule has 0 saturated carbocycles. The lowest BCUT2D eigenvalue weighted by atomic mass is 10.2. The van der Waals surface area contributed by atoms with Crippen LogP contribution >= 0.6 is 23.1 Å². The van der Waals surface area contributed by atoms with Gasteiger partial charge < -0.3 is 5.11 Å². The Kier molecular flexibility index (Phi) is 3.41. The zero-order valence-electron chi connectivity index (χ0n) is 8.30. The van der Waals surface area contributed by atoms with Crippen LogP contribution in [-0.2, 0) is 6.61 Å². The zero-order valence-corrected chi connectivity index (χ0v) is 9.94. The first-order chi connectivity index (χ1) is 7.28. The summed E-state index contributed by atoms with van der Waals surface area (Å²) in [6.07, 6.45) is 0. The van der Waals surface area contributed by atoms with Crippen LogP contribution in [-0.4, -0.2) is 10.1 Å². The van der Waals surface area contributed by atoms with Crippen molar-refractivity contribution in [3.8, 4) is 0 Å². The first-order valence-electron chi connectivity index (χ1n) is 4.58. The topological polar surface area (TPSA) is 33.1 Å². The Morgan fingerprint density at radius 3 is 2.60 bits per heavy atom. The number of nitrogens with zero attached hydrogens (tertiary/aromatic N) is 1. The second kappa shape index (κ2) is 4.79. The molecule has 2 rings (SSSR count). The fraction of sp³-hybridized carbons (Fsp3) is 0.182. The lowest BCUT2D eigenvalue weighted by Crippen LogP contribution is -1.81. The van der Waals surface area contributed by atoms with Crippen molar-refractivity contribution in [3.05, 3.63) is 40.9 Å². The van der Waals surface area contributed by atoms with Gasteiger partial charge in [0.25, 0.3) is 0 Å². The predicted octanol–water partition coefficient (Wildman–Crippen LogP) is 3.10. The molecule has 0 atom stereocenters. The molecule has 0 radical (unpaired) electrons. The quantitative estimate of drug-likeness (QED) is 0.890. The molecule has 0 bridgehead atoms. The van der Waals surface area contributed by atoms with Gasteiger partial charge in [0.15, 0.2) is 4.34 Å². The molecule has 1 aromatic carbocycles. The van der Waals surface area contributed by atoms with Crippen LogP contribution < -0.4 is 0 Å². The van der Waals surface area contributed by atoms with Crippen molar-refractivity contribution in [2.75, 3.05) is 0 Å². The molecule has 2 aromatic rings. The summed E-state index contributed by atoms with van der Waals surface area (Å²) in [6.45, 7) is 2.09. The second-order valence-corrected chi connectivity index (χ2v) is 5.34. The molecular weight excluding hydrogens is 226 g/mol. The molecule has 2 nitrogen and oxygen atoms in total. The molecular formula is C11H11NOS2. The lowest BCUT2D eigenvalue weighted by molar-refractivity contribution is 0.282. The Morgan fingerprint density at radius 2 is 2.07 bits per heavy atom. The van der Waals surface area contributed by atoms with Crippen molar-refractivity contribution in [3.63, 3.8) is 0 Å². The third-order valence-corrected chi connectivity index (χ3v) is 3.97. The number of aromatic nitrogens is 1. The van der Waals surface area contributed by atoms with E-state index < -0.39 is 0 Å². The fourth-order valence-corrected chi connectivity index (χ4v) is 2.95. The number of hydrogen-bond donors (Lipinski definition) is 1. The van der Waals surface area contributed by atoms with Gasteiger partial charge in [0.2, 0.25) is 0 Å². The molecule has 0 saturated heterocycles. The lowest BCUT2D eigenvalue weighted by Gasteiger charge is -1.99. The number of aryl methyl sites for hydroxylation is 1. The molecule has 0 amide bonds. The number of hydrogen-bond acceptors (Lipinski definition) is 4. The summed E-state index contributed by atoms with van der Waals surface area (Å²) < 4.78 is 1.06. The molecule has 4 heteroatoms. The Balaban J connectivity index is 2.11. The van der Waals surface area contributed by atoms with E-state index in [1.807, 2.05) is 36.6 Å². The summed E-state index contributed by atoms with van der Waals surface area (Å²) in [5, 5.41) is 11.0. The largest absolute Gasteiger partial charge is 0.392 e. The highest BCUT2D eigenvalue weighted by Crippen LogP contribution is 2.30. The smallest absolute Gasteiger partial charge is 0.154 e. The minimum absolute atomic E-state index is 0.0985. The van der Waals surface area contributed by atoms with Gasteiger partial charge >= 0.3 is 0 Å². The SMILES string of the molecule is Cc1csc(Sc2ccc(CO)cc2)n1. The van der Waals surface area contributed by atoms with Crippen molar-refractivity contribution in [2.24, 2.45) is 0 Å². The minimum atomic E-state index is 0.0985. The summed E-state index contributed by atoms with van der Waals surface area (Å²) in [5.74, 6) is 0. The van der Waals surface area contributed by atoms with Crippen molar-refractivity contribution >= 4 is 23.1 Å². The van der Waals surface area contributed by atoms with Crippen molar-refractivity contribution in [1.29, 1.82) is 0 Å². The van der Waals surface area contributed by atoms with E-state index in [-0.39, 0.29) is 6.61 Å². The average molecular weight is 237 g/mol. The third kappa shape index (κ3) is 2.81. The summed E-state index contributed by atoms with van der Waals surface area (Å²) >= 11 is 3.31. The first-order valence-corrected chi connectivity index (χ1v) is 6.27. The van der Waals surface area contributed by atoms with E-state index in [2.05, 4.69) is 4.98 Å². The zero-order chi connectivity index (χ0) is 10.7. The number of aliphatic hydroxyl groups excluding tert-OH is 1. The van der Waals surface area contributed by atoms with Gasteiger partial charge in [-0.15, -0.1) is 11.3 Å². The molecule has 78 valence electrons. The molecule has 0 spiro atoms. The Bertz CT molecular complexity index is 436. The van der Waals surface area contributed by atoms with E-state index in [4.69, 9.17) is 5.11 Å². The monoisotopic (exact) mass is 237 g/mol. The predicted molar refractivity (Wildman–Crippen MR) is 63.3 cm³/mol. The highest BCUT2D eigenvalue weighted by atomic mass is 32.2. The van der Waals surface area contributed by atoms with E-state index in [1.165, 1.54) is 0 Å². The van der Waals surface area contributed by atoms with Crippen LogP contribution in [0.4, 0.5) is 0 Å². The molecule has 15 heavy (non-hydrogen) atoms. The fourth-order valence-electron chi connectivity index (χ4n) is 1.14. The molecule has 0 aliphatic carbocycles. The summed E-state index contributed by atoms with van der Waals surface area (Å²) in [6, 6.07) is 7.88. The molecule has 0 aliphatic heterocycles. The Morgan fingerprint density at radius 1 is 1.33 bits per heavy atom. The van der Waals surface area contributed by atoms with Gasteiger partial charge in [-0.25, -0.2) is 4.98 Å². The van der Waals surface area contributed by atoms with Crippen molar-refractivity contribution in [2.45, 2.75) is 22.8 Å². The Hall–Kier alpha value is -0.840. The first kappa shape index (κ1) is 10.7. The molecule has 1 heterocycles. The van der Waals surface area contributed by atoms with Crippen LogP contribution in [0.1, 0.15) is 11.3 Å².